The molecule has 2 fully saturated rings. The topological polar surface area (TPSA) is 43.8 Å². The van der Waals surface area contributed by atoms with E-state index in [1.807, 2.05) is 0 Å². The summed E-state index contributed by atoms with van der Waals surface area (Å²) >= 11 is 0. The Morgan fingerprint density at radius 3 is 2.06 bits per heavy atom. The van der Waals surface area contributed by atoms with Crippen LogP contribution in [0.3, 0.4) is 0 Å². The highest BCUT2D eigenvalue weighted by Crippen LogP contribution is 2.32. The Labute approximate surface area is 109 Å². The Bertz CT molecular complexity index is 227. The normalized spacial score (nSPS) is 30.8. The van der Waals surface area contributed by atoms with Crippen molar-refractivity contribution in [2.24, 2.45) is 5.92 Å². The van der Waals surface area contributed by atoms with E-state index in [0.717, 1.165) is 39.0 Å². The molecule has 1 heterocycles. The van der Waals surface area contributed by atoms with Crippen molar-refractivity contribution in [2.45, 2.75) is 18.9 Å². The van der Waals surface area contributed by atoms with E-state index >= 15 is 0 Å². The van der Waals surface area contributed by atoms with E-state index in [1.54, 1.807) is 0 Å². The molecule has 16 heavy (non-hydrogen) atoms. The molecule has 1 aliphatic heterocycles. The fraction of sp³-hybridized carbons (Fsp3) is 0.900. The number of carboxylic acid groups (broad SMARTS) is 1. The average Bonchev–Trinajstić information content (AvgIpc) is 2.05. The van der Waals surface area contributed by atoms with E-state index in [2.05, 4.69) is 16.8 Å². The second-order valence-electron chi connectivity index (χ2n) is 4.50. The van der Waals surface area contributed by atoms with Gasteiger partial charge in [-0.1, -0.05) is 0 Å². The zero-order chi connectivity index (χ0) is 10.1. The zero-order valence-electron chi connectivity index (χ0n) is 9.46. The summed E-state index contributed by atoms with van der Waals surface area (Å²) in [7, 11) is 2.14. The van der Waals surface area contributed by atoms with Crippen LogP contribution in [0.4, 0.5) is 0 Å². The number of carboxylic acids is 1. The Hall–Kier alpha value is -0.0300. The quantitative estimate of drug-likeness (QED) is 0.812. The minimum atomic E-state index is -0.615. The number of hydrogen-bond acceptors (Lipinski definition) is 3. The van der Waals surface area contributed by atoms with Gasteiger partial charge in [0.1, 0.15) is 0 Å². The summed E-state index contributed by atoms with van der Waals surface area (Å²) in [5, 5.41) is 8.76. The lowest BCUT2D eigenvalue weighted by molar-refractivity contribution is -0.147. The molecular weight excluding hydrogens is 251 g/mol. The fourth-order valence-electron chi connectivity index (χ4n) is 2.27. The Morgan fingerprint density at radius 2 is 1.62 bits per heavy atom. The number of aliphatic carboxylic acids is 1. The van der Waals surface area contributed by atoms with E-state index in [9.17, 15) is 4.79 Å². The highest BCUT2D eigenvalue weighted by Gasteiger charge is 2.38. The SMILES string of the molecule is CN1CCN(C2CC(C(=O)O)C2)CC1.Cl.Cl. The van der Waals surface area contributed by atoms with Gasteiger partial charge in [0.05, 0.1) is 5.92 Å². The van der Waals surface area contributed by atoms with Crippen LogP contribution in [-0.2, 0) is 4.79 Å². The molecule has 4 nitrogen and oxygen atoms in total. The predicted molar refractivity (Wildman–Crippen MR) is 67.7 cm³/mol. The number of rotatable bonds is 2. The molecule has 0 unspecified atom stereocenters. The monoisotopic (exact) mass is 270 g/mol. The third kappa shape index (κ3) is 3.48. The van der Waals surface area contributed by atoms with Crippen molar-refractivity contribution in [3.05, 3.63) is 0 Å². The summed E-state index contributed by atoms with van der Waals surface area (Å²) in [6.07, 6.45) is 1.72. The molecule has 1 aliphatic carbocycles. The standard InChI is InChI=1S/C10H18N2O2.2ClH/c1-11-2-4-12(5-3-11)9-6-8(7-9)10(13)14;;/h8-9H,2-7H2,1H3,(H,13,14);2*1H. The highest BCUT2D eigenvalue weighted by molar-refractivity contribution is 5.85. The maximum atomic E-state index is 10.6. The first-order valence-corrected chi connectivity index (χ1v) is 5.32. The van der Waals surface area contributed by atoms with Crippen LogP contribution in [0.1, 0.15) is 12.8 Å². The van der Waals surface area contributed by atoms with E-state index in [1.165, 1.54) is 0 Å². The van der Waals surface area contributed by atoms with Crippen molar-refractivity contribution in [1.82, 2.24) is 9.80 Å². The number of nitrogens with zero attached hydrogens (tertiary/aromatic N) is 2. The Balaban J connectivity index is 0.00000112. The van der Waals surface area contributed by atoms with Crippen LogP contribution in [0.2, 0.25) is 0 Å². The molecule has 96 valence electrons. The number of likely N-dealkylation sites (N-methyl/N-ethyl adjacent to an activating group) is 1. The van der Waals surface area contributed by atoms with Crippen LogP contribution in [0.5, 0.6) is 0 Å². The minimum absolute atomic E-state index is 0. The summed E-state index contributed by atoms with van der Waals surface area (Å²) in [5.74, 6) is -0.685. The number of piperazine rings is 1. The van der Waals surface area contributed by atoms with Gasteiger partial charge < -0.3 is 10.0 Å². The molecule has 1 saturated carbocycles. The van der Waals surface area contributed by atoms with Crippen molar-refractivity contribution in [3.8, 4) is 0 Å². The molecule has 0 amide bonds. The maximum Gasteiger partial charge on any atom is 0.306 e. The van der Waals surface area contributed by atoms with Gasteiger partial charge in [0.15, 0.2) is 0 Å². The maximum absolute atomic E-state index is 10.6. The van der Waals surface area contributed by atoms with Gasteiger partial charge in [0.25, 0.3) is 0 Å². The van der Waals surface area contributed by atoms with Gasteiger partial charge in [-0.2, -0.15) is 0 Å². The number of halogens is 2. The van der Waals surface area contributed by atoms with Crippen molar-refractivity contribution < 1.29 is 9.90 Å². The predicted octanol–water partition coefficient (Wildman–Crippen LogP) is 0.941. The molecule has 1 N–H and O–H groups in total. The van der Waals surface area contributed by atoms with Gasteiger partial charge in [0.2, 0.25) is 0 Å². The van der Waals surface area contributed by atoms with Crippen LogP contribution in [0.25, 0.3) is 0 Å². The summed E-state index contributed by atoms with van der Waals surface area (Å²) in [6, 6.07) is 0.546. The Kier molecular flexibility index (Phi) is 6.63. The van der Waals surface area contributed by atoms with Gasteiger partial charge in [-0.25, -0.2) is 0 Å². The van der Waals surface area contributed by atoms with Crippen molar-refractivity contribution in [2.75, 3.05) is 33.2 Å². The molecule has 0 aromatic heterocycles. The van der Waals surface area contributed by atoms with Gasteiger partial charge in [-0.05, 0) is 19.9 Å². The molecular formula is C10H20Cl2N2O2. The summed E-state index contributed by atoms with van der Waals surface area (Å²) in [5.41, 5.74) is 0. The molecule has 0 atom stereocenters. The lowest BCUT2D eigenvalue weighted by Crippen LogP contribution is -2.54. The van der Waals surface area contributed by atoms with Crippen LogP contribution in [0, 0.1) is 5.92 Å². The first-order chi connectivity index (χ1) is 6.66. The van der Waals surface area contributed by atoms with Gasteiger partial charge >= 0.3 is 5.97 Å². The summed E-state index contributed by atoms with van der Waals surface area (Å²) in [4.78, 5) is 15.4. The first-order valence-electron chi connectivity index (χ1n) is 5.32. The lowest BCUT2D eigenvalue weighted by Gasteiger charge is -2.44. The van der Waals surface area contributed by atoms with Crippen LogP contribution in [-0.4, -0.2) is 60.1 Å². The number of carbonyl (C=O) groups is 1. The van der Waals surface area contributed by atoms with Gasteiger partial charge in [0, 0.05) is 32.2 Å². The van der Waals surface area contributed by atoms with Crippen molar-refractivity contribution in [1.29, 1.82) is 0 Å². The third-order valence-electron chi connectivity index (χ3n) is 3.52. The molecule has 2 rings (SSSR count). The summed E-state index contributed by atoms with van der Waals surface area (Å²) < 4.78 is 0. The van der Waals surface area contributed by atoms with E-state index in [4.69, 9.17) is 5.11 Å². The largest absolute Gasteiger partial charge is 0.481 e. The molecule has 2 aliphatic rings. The molecule has 0 aromatic rings. The first kappa shape index (κ1) is 16.0. The van der Waals surface area contributed by atoms with Crippen LogP contribution < -0.4 is 0 Å². The van der Waals surface area contributed by atoms with E-state index in [-0.39, 0.29) is 30.7 Å². The molecule has 1 saturated heterocycles. The van der Waals surface area contributed by atoms with Crippen molar-refractivity contribution in [3.63, 3.8) is 0 Å². The van der Waals surface area contributed by atoms with Gasteiger partial charge in [-0.3, -0.25) is 9.69 Å². The Morgan fingerprint density at radius 1 is 1.12 bits per heavy atom. The summed E-state index contributed by atoms with van der Waals surface area (Å²) in [6.45, 7) is 4.45. The average molecular weight is 271 g/mol. The fourth-order valence-corrected chi connectivity index (χ4v) is 2.27. The van der Waals surface area contributed by atoms with Gasteiger partial charge in [-0.15, -0.1) is 24.8 Å². The molecule has 6 heteroatoms. The molecule has 0 spiro atoms. The zero-order valence-corrected chi connectivity index (χ0v) is 11.1. The second-order valence-corrected chi connectivity index (χ2v) is 4.50. The number of hydrogen-bond donors (Lipinski definition) is 1. The minimum Gasteiger partial charge on any atom is -0.481 e. The van der Waals surface area contributed by atoms with Crippen molar-refractivity contribution >= 4 is 30.8 Å². The third-order valence-corrected chi connectivity index (χ3v) is 3.52. The van der Waals surface area contributed by atoms with E-state index < -0.39 is 5.97 Å². The van der Waals surface area contributed by atoms with Crippen LogP contribution >= 0.6 is 24.8 Å². The smallest absolute Gasteiger partial charge is 0.306 e. The molecule has 0 radical (unpaired) electrons. The lowest BCUT2D eigenvalue weighted by atomic mass is 9.79. The molecule has 0 aromatic carbocycles. The second kappa shape index (κ2) is 6.64. The van der Waals surface area contributed by atoms with E-state index in [0.29, 0.717) is 6.04 Å². The van der Waals surface area contributed by atoms with Crippen LogP contribution in [0.15, 0.2) is 0 Å². The molecule has 0 bridgehead atoms. The highest BCUT2D eigenvalue weighted by atomic mass is 35.5.